The van der Waals surface area contributed by atoms with E-state index in [1.165, 1.54) is 23.1 Å². The standard InChI is InChI=1S/C23H24F3N3O3/c1-23(2,3)18-11-13(9-10-29(18)22(31)32)20(26)17-5-4-6-19(27-17)28-21(30)15-8-7-14(24)12-16(15)25/h4-8,12,18H,9-11H2,1-3H3,(H,31,32)(H,27,28,30)/b20-13+. The smallest absolute Gasteiger partial charge is 0.407 e. The second-order valence-corrected chi connectivity index (χ2v) is 8.72. The molecule has 6 nitrogen and oxygen atoms in total. The number of nitrogens with one attached hydrogen (secondary N) is 1. The Labute approximate surface area is 183 Å². The van der Waals surface area contributed by atoms with Crippen LogP contribution in [0.1, 0.15) is 49.7 Å². The lowest BCUT2D eigenvalue weighted by Crippen LogP contribution is -2.50. The van der Waals surface area contributed by atoms with Crippen molar-refractivity contribution >= 4 is 23.6 Å². The first-order valence-electron chi connectivity index (χ1n) is 10.1. The molecule has 3 rings (SSSR count). The summed E-state index contributed by atoms with van der Waals surface area (Å²) in [5.41, 5.74) is -0.337. The normalized spacial score (nSPS) is 18.3. The topological polar surface area (TPSA) is 82.5 Å². The zero-order valence-electron chi connectivity index (χ0n) is 18.0. The molecule has 0 radical (unpaired) electrons. The fraction of sp³-hybridized carbons (Fsp3) is 0.348. The molecule has 1 aliphatic rings. The first-order chi connectivity index (χ1) is 15.0. The van der Waals surface area contributed by atoms with Crippen molar-refractivity contribution in [1.29, 1.82) is 0 Å². The fourth-order valence-corrected chi connectivity index (χ4v) is 3.72. The van der Waals surface area contributed by atoms with Crippen molar-refractivity contribution in [3.8, 4) is 0 Å². The molecule has 0 bridgehead atoms. The van der Waals surface area contributed by atoms with Crippen molar-refractivity contribution in [3.63, 3.8) is 0 Å². The third-order valence-electron chi connectivity index (χ3n) is 5.42. The van der Waals surface area contributed by atoms with Crippen molar-refractivity contribution in [1.82, 2.24) is 9.88 Å². The Morgan fingerprint density at radius 2 is 1.91 bits per heavy atom. The van der Waals surface area contributed by atoms with Crippen LogP contribution in [0.15, 0.2) is 42.0 Å². The van der Waals surface area contributed by atoms with Crippen LogP contribution in [-0.4, -0.2) is 39.6 Å². The highest BCUT2D eigenvalue weighted by Gasteiger charge is 2.38. The number of hydrogen-bond donors (Lipinski definition) is 2. The summed E-state index contributed by atoms with van der Waals surface area (Å²) in [5, 5.41) is 11.9. The van der Waals surface area contributed by atoms with Crippen LogP contribution < -0.4 is 5.32 Å². The van der Waals surface area contributed by atoms with Gasteiger partial charge in [-0.1, -0.05) is 26.8 Å². The number of amides is 2. The van der Waals surface area contributed by atoms with Gasteiger partial charge in [0, 0.05) is 18.7 Å². The van der Waals surface area contributed by atoms with Gasteiger partial charge in [0.2, 0.25) is 0 Å². The van der Waals surface area contributed by atoms with Crippen LogP contribution in [0.25, 0.3) is 5.83 Å². The van der Waals surface area contributed by atoms with E-state index >= 15 is 4.39 Å². The van der Waals surface area contributed by atoms with Crippen molar-refractivity contribution in [2.75, 3.05) is 11.9 Å². The molecule has 1 unspecified atom stereocenters. The van der Waals surface area contributed by atoms with Crippen molar-refractivity contribution in [2.24, 2.45) is 5.41 Å². The largest absolute Gasteiger partial charge is 0.465 e. The van der Waals surface area contributed by atoms with Gasteiger partial charge in [-0.3, -0.25) is 4.79 Å². The predicted octanol–water partition coefficient (Wildman–Crippen LogP) is 5.48. The van der Waals surface area contributed by atoms with Crippen molar-refractivity contribution in [2.45, 2.75) is 39.7 Å². The summed E-state index contributed by atoms with van der Waals surface area (Å²) < 4.78 is 42.2. The van der Waals surface area contributed by atoms with E-state index in [1.807, 2.05) is 20.8 Å². The fourth-order valence-electron chi connectivity index (χ4n) is 3.72. The lowest BCUT2D eigenvalue weighted by Gasteiger charge is -2.42. The van der Waals surface area contributed by atoms with E-state index < -0.39 is 40.9 Å². The van der Waals surface area contributed by atoms with E-state index in [-0.39, 0.29) is 36.5 Å². The van der Waals surface area contributed by atoms with Crippen molar-refractivity contribution < 1.29 is 27.9 Å². The number of nitrogens with zero attached hydrogens (tertiary/aromatic N) is 2. The lowest BCUT2D eigenvalue weighted by atomic mass is 9.79. The number of likely N-dealkylation sites (tertiary alicyclic amines) is 1. The number of carboxylic acid groups (broad SMARTS) is 1. The summed E-state index contributed by atoms with van der Waals surface area (Å²) in [4.78, 5) is 29.3. The Morgan fingerprint density at radius 1 is 1.19 bits per heavy atom. The summed E-state index contributed by atoms with van der Waals surface area (Å²) in [5.74, 6) is -3.25. The molecular weight excluding hydrogens is 423 g/mol. The van der Waals surface area contributed by atoms with E-state index in [4.69, 9.17) is 0 Å². The number of piperidine rings is 1. The molecule has 1 atom stereocenters. The molecule has 0 spiro atoms. The molecule has 2 aromatic rings. The number of aromatic nitrogens is 1. The highest BCUT2D eigenvalue weighted by Crippen LogP contribution is 2.37. The summed E-state index contributed by atoms with van der Waals surface area (Å²) >= 11 is 0. The third kappa shape index (κ3) is 5.09. The highest BCUT2D eigenvalue weighted by molar-refractivity contribution is 6.04. The van der Waals surface area contributed by atoms with Gasteiger partial charge in [-0.2, -0.15) is 0 Å². The second kappa shape index (κ2) is 9.02. The van der Waals surface area contributed by atoms with Crippen LogP contribution >= 0.6 is 0 Å². The van der Waals surface area contributed by atoms with E-state index in [2.05, 4.69) is 10.3 Å². The van der Waals surface area contributed by atoms with E-state index in [9.17, 15) is 23.5 Å². The number of carbonyl (C=O) groups excluding carboxylic acids is 1. The average Bonchev–Trinajstić information content (AvgIpc) is 2.72. The second-order valence-electron chi connectivity index (χ2n) is 8.72. The van der Waals surface area contributed by atoms with Crippen LogP contribution in [0.5, 0.6) is 0 Å². The van der Waals surface area contributed by atoms with E-state index in [0.29, 0.717) is 11.6 Å². The summed E-state index contributed by atoms with van der Waals surface area (Å²) in [6, 6.07) is 6.51. The van der Waals surface area contributed by atoms with Crippen LogP contribution in [0.3, 0.4) is 0 Å². The molecule has 1 saturated heterocycles. The minimum Gasteiger partial charge on any atom is -0.465 e. The van der Waals surface area contributed by atoms with Crippen LogP contribution in [0.2, 0.25) is 0 Å². The highest BCUT2D eigenvalue weighted by atomic mass is 19.1. The molecule has 1 aromatic carbocycles. The number of halogens is 3. The first-order valence-corrected chi connectivity index (χ1v) is 10.1. The molecule has 0 aliphatic carbocycles. The first kappa shape index (κ1) is 23.3. The molecule has 1 aliphatic heterocycles. The maximum atomic E-state index is 15.3. The summed E-state index contributed by atoms with van der Waals surface area (Å²) in [6.45, 7) is 5.87. The molecule has 1 aromatic heterocycles. The Morgan fingerprint density at radius 3 is 2.53 bits per heavy atom. The number of rotatable bonds is 3. The number of hydrogen-bond acceptors (Lipinski definition) is 3. The van der Waals surface area contributed by atoms with Gasteiger partial charge in [-0.15, -0.1) is 0 Å². The molecule has 170 valence electrons. The van der Waals surface area contributed by atoms with E-state index in [0.717, 1.165) is 12.1 Å². The Bertz CT molecular complexity index is 1080. The SMILES string of the molecule is CC(C)(C)C1C/C(=C(/F)c2cccc(NC(=O)c3ccc(F)cc3F)n2)CCN1C(=O)O. The monoisotopic (exact) mass is 447 g/mol. The van der Waals surface area contributed by atoms with E-state index in [1.54, 1.807) is 0 Å². The Balaban J connectivity index is 1.84. The number of carbonyl (C=O) groups is 2. The van der Waals surface area contributed by atoms with Crippen LogP contribution in [-0.2, 0) is 0 Å². The number of pyridine rings is 1. The van der Waals surface area contributed by atoms with Gasteiger partial charge >= 0.3 is 6.09 Å². The molecular formula is C23H24F3N3O3. The molecule has 2 heterocycles. The Hall–Kier alpha value is -3.36. The molecule has 2 amide bonds. The van der Waals surface area contributed by atoms with Gasteiger partial charge in [0.05, 0.1) is 5.56 Å². The quantitative estimate of drug-likeness (QED) is 0.653. The zero-order valence-corrected chi connectivity index (χ0v) is 18.0. The minimum atomic E-state index is -1.04. The lowest BCUT2D eigenvalue weighted by molar-refractivity contribution is 0.0719. The van der Waals surface area contributed by atoms with Crippen LogP contribution in [0.4, 0.5) is 23.8 Å². The van der Waals surface area contributed by atoms with Crippen LogP contribution in [0, 0.1) is 17.0 Å². The molecule has 9 heteroatoms. The van der Waals surface area contributed by atoms with Gasteiger partial charge < -0.3 is 15.3 Å². The predicted molar refractivity (Wildman–Crippen MR) is 114 cm³/mol. The third-order valence-corrected chi connectivity index (χ3v) is 5.42. The van der Waals surface area contributed by atoms with Gasteiger partial charge in [0.25, 0.3) is 5.91 Å². The van der Waals surface area contributed by atoms with Gasteiger partial charge in [-0.05, 0) is 48.1 Å². The van der Waals surface area contributed by atoms with Gasteiger partial charge in [-0.25, -0.2) is 22.9 Å². The van der Waals surface area contributed by atoms with Gasteiger partial charge in [0.1, 0.15) is 29.0 Å². The summed E-state index contributed by atoms with van der Waals surface area (Å²) in [6.07, 6.45) is -0.593. The van der Waals surface area contributed by atoms with Gasteiger partial charge in [0.15, 0.2) is 0 Å². The van der Waals surface area contributed by atoms with Crippen molar-refractivity contribution in [3.05, 3.63) is 64.9 Å². The molecule has 0 saturated carbocycles. The number of benzene rings is 1. The Kier molecular flexibility index (Phi) is 6.57. The maximum absolute atomic E-state index is 15.3. The zero-order chi connectivity index (χ0) is 23.6. The molecule has 1 fully saturated rings. The number of anilines is 1. The minimum absolute atomic E-state index is 0.00215. The molecule has 32 heavy (non-hydrogen) atoms. The molecule has 2 N–H and O–H groups in total. The average molecular weight is 447 g/mol. The maximum Gasteiger partial charge on any atom is 0.407 e. The summed E-state index contributed by atoms with van der Waals surface area (Å²) in [7, 11) is 0.